The summed E-state index contributed by atoms with van der Waals surface area (Å²) in [6, 6.07) is 70.3. The average Bonchev–Trinajstić information content (AvgIpc) is 3.59. The van der Waals surface area contributed by atoms with Gasteiger partial charge in [0.25, 0.3) is 0 Å². The first-order valence-electron chi connectivity index (χ1n) is 18.4. The first-order valence-corrected chi connectivity index (χ1v) is 18.4. The van der Waals surface area contributed by atoms with Crippen LogP contribution in [0.5, 0.6) is 0 Å². The maximum Gasteiger partial charge on any atom is 0.0998 e. The van der Waals surface area contributed by atoms with Crippen molar-refractivity contribution in [3.05, 3.63) is 199 Å². The lowest BCUT2D eigenvalue weighted by Crippen LogP contribution is -1.96. The van der Waals surface area contributed by atoms with Crippen LogP contribution < -0.4 is 0 Å². The van der Waals surface area contributed by atoms with Crippen LogP contribution in [0.15, 0.2) is 188 Å². The van der Waals surface area contributed by atoms with Crippen molar-refractivity contribution >= 4 is 43.4 Å². The van der Waals surface area contributed by atoms with Gasteiger partial charge in [-0.25, -0.2) is 0 Å². The van der Waals surface area contributed by atoms with Gasteiger partial charge in [-0.15, -0.1) is 0 Å². The lowest BCUT2D eigenvalue weighted by molar-refractivity contribution is 1.18. The van der Waals surface area contributed by atoms with Gasteiger partial charge in [-0.05, 0) is 109 Å². The van der Waals surface area contributed by atoms with E-state index in [2.05, 4.69) is 168 Å². The van der Waals surface area contributed by atoms with Crippen molar-refractivity contribution < 1.29 is 0 Å². The minimum Gasteiger partial charge on any atom is -0.309 e. The summed E-state index contributed by atoms with van der Waals surface area (Å²) in [6.07, 6.45) is 0. The summed E-state index contributed by atoms with van der Waals surface area (Å²) in [6.45, 7) is 0. The molecule has 0 aliphatic carbocycles. The molecule has 254 valence electrons. The molecule has 55 heavy (non-hydrogen) atoms. The zero-order valence-corrected chi connectivity index (χ0v) is 29.7. The standard InChI is InChI=1S/C52H31N3/c53-32-34-21-28-50-48(29-34)43-15-8-9-20-49(43)55(50)41-26-27-42(40(31-41)33-54)39-14-10-13-38(30-39)35-22-24-37(25-23-35)52-46-18-6-4-16-44(46)51(36-11-2-1-3-12-36)45-17-5-7-19-47(45)52/h1-31H. The molecule has 0 aliphatic rings. The highest BCUT2D eigenvalue weighted by Gasteiger charge is 2.18. The second kappa shape index (κ2) is 13.0. The summed E-state index contributed by atoms with van der Waals surface area (Å²) >= 11 is 0. The van der Waals surface area contributed by atoms with Gasteiger partial charge in [0.2, 0.25) is 0 Å². The van der Waals surface area contributed by atoms with Gasteiger partial charge < -0.3 is 4.57 Å². The second-order valence-electron chi connectivity index (χ2n) is 13.9. The Balaban J connectivity index is 1.04. The number of aromatic nitrogens is 1. The van der Waals surface area contributed by atoms with Crippen molar-refractivity contribution in [2.75, 3.05) is 0 Å². The molecule has 10 rings (SSSR count). The van der Waals surface area contributed by atoms with Crippen LogP contribution in [0, 0.1) is 22.7 Å². The summed E-state index contributed by atoms with van der Waals surface area (Å²) < 4.78 is 2.18. The van der Waals surface area contributed by atoms with E-state index in [9.17, 15) is 10.5 Å². The number of rotatable bonds is 5. The molecule has 0 bridgehead atoms. The van der Waals surface area contributed by atoms with E-state index in [0.717, 1.165) is 49.7 Å². The number of fused-ring (bicyclic) bond motifs is 5. The Hall–Kier alpha value is -7.72. The van der Waals surface area contributed by atoms with E-state index in [1.54, 1.807) is 0 Å². The lowest BCUT2D eigenvalue weighted by atomic mass is 9.85. The number of hydrogen-bond donors (Lipinski definition) is 0. The van der Waals surface area contributed by atoms with Crippen LogP contribution in [0.3, 0.4) is 0 Å². The van der Waals surface area contributed by atoms with Crippen molar-refractivity contribution in [2.24, 2.45) is 0 Å². The molecule has 0 saturated heterocycles. The summed E-state index contributed by atoms with van der Waals surface area (Å²) in [5, 5.41) is 27.1. The second-order valence-corrected chi connectivity index (χ2v) is 13.9. The average molecular weight is 698 g/mol. The highest BCUT2D eigenvalue weighted by Crippen LogP contribution is 2.44. The molecule has 0 radical (unpaired) electrons. The number of hydrogen-bond acceptors (Lipinski definition) is 2. The smallest absolute Gasteiger partial charge is 0.0998 e. The molecule has 10 aromatic rings. The minimum absolute atomic E-state index is 0.599. The first-order chi connectivity index (χ1) is 27.2. The Morgan fingerprint density at radius 3 is 1.55 bits per heavy atom. The maximum absolute atomic E-state index is 10.5. The fourth-order valence-corrected chi connectivity index (χ4v) is 8.39. The van der Waals surface area contributed by atoms with Crippen LogP contribution >= 0.6 is 0 Å². The van der Waals surface area contributed by atoms with Gasteiger partial charge in [0.05, 0.1) is 34.3 Å². The van der Waals surface area contributed by atoms with Gasteiger partial charge in [-0.1, -0.05) is 146 Å². The molecule has 1 aromatic heterocycles. The highest BCUT2D eigenvalue weighted by atomic mass is 15.0. The molecule has 9 aromatic carbocycles. The largest absolute Gasteiger partial charge is 0.309 e. The molecule has 0 atom stereocenters. The van der Waals surface area contributed by atoms with Gasteiger partial charge in [0, 0.05) is 16.5 Å². The number of benzene rings is 9. The van der Waals surface area contributed by atoms with Gasteiger partial charge >= 0.3 is 0 Å². The predicted molar refractivity (Wildman–Crippen MR) is 227 cm³/mol. The van der Waals surface area contributed by atoms with Crippen LogP contribution in [0.4, 0.5) is 0 Å². The molecule has 1 heterocycles. The number of nitriles is 2. The molecule has 3 nitrogen and oxygen atoms in total. The van der Waals surface area contributed by atoms with E-state index in [1.165, 1.54) is 43.8 Å². The molecule has 0 fully saturated rings. The predicted octanol–water partition coefficient (Wildman–Crippen LogP) is 13.5. The van der Waals surface area contributed by atoms with Crippen molar-refractivity contribution in [3.63, 3.8) is 0 Å². The molecule has 3 heteroatoms. The summed E-state index contributed by atoms with van der Waals surface area (Å²) in [5.41, 5.74) is 13.1. The van der Waals surface area contributed by atoms with E-state index in [0.29, 0.717) is 11.1 Å². The fraction of sp³-hybridized carbons (Fsp3) is 0. The van der Waals surface area contributed by atoms with Gasteiger partial charge in [0.15, 0.2) is 0 Å². The van der Waals surface area contributed by atoms with E-state index in [1.807, 2.05) is 36.4 Å². The molecular formula is C52H31N3. The van der Waals surface area contributed by atoms with Crippen molar-refractivity contribution in [2.45, 2.75) is 0 Å². The Morgan fingerprint density at radius 2 is 0.891 bits per heavy atom. The molecule has 0 unspecified atom stereocenters. The van der Waals surface area contributed by atoms with E-state index in [4.69, 9.17) is 0 Å². The van der Waals surface area contributed by atoms with Crippen LogP contribution in [0.25, 0.3) is 93.5 Å². The molecule has 0 aliphatic heterocycles. The fourth-order valence-electron chi connectivity index (χ4n) is 8.39. The third-order valence-electron chi connectivity index (χ3n) is 10.9. The zero-order valence-electron chi connectivity index (χ0n) is 29.7. The molecule has 0 saturated carbocycles. The zero-order chi connectivity index (χ0) is 36.9. The van der Waals surface area contributed by atoms with Crippen LogP contribution in [0.2, 0.25) is 0 Å². The van der Waals surface area contributed by atoms with Crippen molar-refractivity contribution in [1.29, 1.82) is 10.5 Å². The SMILES string of the molecule is N#Cc1ccc2c(c1)c1ccccc1n2-c1ccc(-c2cccc(-c3ccc(-c4c5ccccc5c(-c5ccccc5)c5ccccc45)cc3)c2)c(C#N)c1. The molecular weight excluding hydrogens is 667 g/mol. The monoisotopic (exact) mass is 697 g/mol. The Labute approximate surface area is 318 Å². The van der Waals surface area contributed by atoms with Gasteiger partial charge in [-0.2, -0.15) is 10.5 Å². The number of nitrogens with zero attached hydrogens (tertiary/aromatic N) is 3. The van der Waals surface area contributed by atoms with Crippen molar-refractivity contribution in [3.8, 4) is 62.3 Å². The highest BCUT2D eigenvalue weighted by molar-refractivity contribution is 6.21. The first kappa shape index (κ1) is 32.0. The Kier molecular flexibility index (Phi) is 7.58. The van der Waals surface area contributed by atoms with Crippen LogP contribution in [-0.4, -0.2) is 4.57 Å². The van der Waals surface area contributed by atoms with E-state index in [-0.39, 0.29) is 0 Å². The van der Waals surface area contributed by atoms with E-state index < -0.39 is 0 Å². The van der Waals surface area contributed by atoms with E-state index >= 15 is 0 Å². The Bertz CT molecular complexity index is 3150. The quantitative estimate of drug-likeness (QED) is 0.168. The van der Waals surface area contributed by atoms with Crippen molar-refractivity contribution in [1.82, 2.24) is 4.57 Å². The van der Waals surface area contributed by atoms with Gasteiger partial charge in [0.1, 0.15) is 0 Å². The topological polar surface area (TPSA) is 52.5 Å². The maximum atomic E-state index is 10.5. The number of para-hydroxylation sites is 1. The van der Waals surface area contributed by atoms with Crippen LogP contribution in [0.1, 0.15) is 11.1 Å². The molecule has 0 amide bonds. The third kappa shape index (κ3) is 5.27. The lowest BCUT2D eigenvalue weighted by Gasteiger charge is -2.18. The molecule has 0 N–H and O–H groups in total. The third-order valence-corrected chi connectivity index (χ3v) is 10.9. The van der Waals surface area contributed by atoms with Crippen LogP contribution in [-0.2, 0) is 0 Å². The minimum atomic E-state index is 0.599. The normalized spacial score (nSPS) is 11.2. The Morgan fingerprint density at radius 1 is 0.345 bits per heavy atom. The molecule has 0 spiro atoms. The summed E-state index contributed by atoms with van der Waals surface area (Å²) in [5.74, 6) is 0. The summed E-state index contributed by atoms with van der Waals surface area (Å²) in [4.78, 5) is 0. The summed E-state index contributed by atoms with van der Waals surface area (Å²) in [7, 11) is 0. The van der Waals surface area contributed by atoms with Gasteiger partial charge in [-0.3, -0.25) is 0 Å².